The Morgan fingerprint density at radius 2 is 1.92 bits per heavy atom. The average Bonchev–Trinajstić information content (AvgIpc) is 3.29. The Morgan fingerprint density at radius 1 is 1.19 bits per heavy atom. The lowest BCUT2D eigenvalue weighted by Gasteiger charge is -2.23. The van der Waals surface area contributed by atoms with Gasteiger partial charge in [0, 0.05) is 16.0 Å². The van der Waals surface area contributed by atoms with Crippen LogP contribution >= 0.6 is 34.5 Å². The lowest BCUT2D eigenvalue weighted by Crippen LogP contribution is -2.36. The molecule has 0 aliphatic heterocycles. The Bertz CT molecular complexity index is 927. The smallest absolute Gasteiger partial charge is 0.307 e. The number of amides is 1. The minimum absolute atomic E-state index is 0.0220. The number of carboxylic acid groups (broad SMARTS) is 1. The molecular formula is C18H14Cl2N2O3S. The molecule has 26 heavy (non-hydrogen) atoms. The molecule has 2 aliphatic carbocycles. The molecule has 2 aliphatic rings. The molecule has 5 nitrogen and oxygen atoms in total. The van der Waals surface area contributed by atoms with Crippen LogP contribution in [-0.4, -0.2) is 22.0 Å². The molecule has 8 heteroatoms. The highest BCUT2D eigenvalue weighted by atomic mass is 35.5. The van der Waals surface area contributed by atoms with Gasteiger partial charge in [0.1, 0.15) is 0 Å². The van der Waals surface area contributed by atoms with E-state index in [2.05, 4.69) is 10.3 Å². The van der Waals surface area contributed by atoms with Crippen molar-refractivity contribution in [3.05, 3.63) is 45.8 Å². The fourth-order valence-electron chi connectivity index (χ4n) is 3.86. The number of fused-ring (bicyclic) bond motifs is 2. The molecule has 0 radical (unpaired) electrons. The summed E-state index contributed by atoms with van der Waals surface area (Å²) < 4.78 is 0. The Kier molecular flexibility index (Phi) is 4.50. The highest BCUT2D eigenvalue weighted by molar-refractivity contribution is 7.14. The van der Waals surface area contributed by atoms with Crippen LogP contribution < -0.4 is 5.32 Å². The van der Waals surface area contributed by atoms with Gasteiger partial charge in [-0.3, -0.25) is 9.59 Å². The number of nitrogens with one attached hydrogen (secondary N) is 1. The molecule has 1 fully saturated rings. The molecule has 2 bridgehead atoms. The van der Waals surface area contributed by atoms with Gasteiger partial charge in [0.25, 0.3) is 0 Å². The van der Waals surface area contributed by atoms with Gasteiger partial charge < -0.3 is 10.4 Å². The predicted molar refractivity (Wildman–Crippen MR) is 102 cm³/mol. The van der Waals surface area contributed by atoms with Crippen molar-refractivity contribution in [3.63, 3.8) is 0 Å². The summed E-state index contributed by atoms with van der Waals surface area (Å²) in [5.74, 6) is -2.53. The Balaban J connectivity index is 1.53. The second-order valence-electron chi connectivity index (χ2n) is 6.49. The van der Waals surface area contributed by atoms with Crippen molar-refractivity contribution in [2.24, 2.45) is 23.7 Å². The first-order valence-corrected chi connectivity index (χ1v) is 9.70. The maximum absolute atomic E-state index is 12.7. The fourth-order valence-corrected chi connectivity index (χ4v) is 5.08. The molecule has 1 saturated carbocycles. The number of carboxylic acids is 1. The van der Waals surface area contributed by atoms with E-state index in [0.29, 0.717) is 20.9 Å². The van der Waals surface area contributed by atoms with Crippen LogP contribution in [0.5, 0.6) is 0 Å². The molecule has 4 atom stereocenters. The van der Waals surface area contributed by atoms with Crippen molar-refractivity contribution in [1.29, 1.82) is 0 Å². The van der Waals surface area contributed by atoms with Crippen LogP contribution in [0.3, 0.4) is 0 Å². The molecule has 1 amide bonds. The molecule has 1 heterocycles. The summed E-state index contributed by atoms with van der Waals surface area (Å²) in [5.41, 5.74) is 1.36. The highest BCUT2D eigenvalue weighted by Gasteiger charge is 2.51. The number of thiazole rings is 1. The number of carbonyl (C=O) groups excluding carboxylic acids is 1. The number of aliphatic carboxylic acids is 1. The summed E-state index contributed by atoms with van der Waals surface area (Å²) in [6.45, 7) is 0. The molecule has 1 aromatic carbocycles. The van der Waals surface area contributed by atoms with Gasteiger partial charge in [-0.05, 0) is 36.5 Å². The summed E-state index contributed by atoms with van der Waals surface area (Å²) in [6.07, 6.45) is 4.59. The van der Waals surface area contributed by atoms with Crippen LogP contribution in [0.25, 0.3) is 11.3 Å². The molecule has 4 rings (SSSR count). The van der Waals surface area contributed by atoms with Crippen molar-refractivity contribution in [2.75, 3.05) is 5.32 Å². The van der Waals surface area contributed by atoms with Gasteiger partial charge >= 0.3 is 5.97 Å². The third kappa shape index (κ3) is 3.02. The molecule has 2 aromatic rings. The fraction of sp³-hybridized carbons (Fsp3) is 0.278. The number of hydrogen-bond acceptors (Lipinski definition) is 4. The first kappa shape index (κ1) is 17.5. The molecule has 134 valence electrons. The van der Waals surface area contributed by atoms with Gasteiger partial charge in [-0.15, -0.1) is 11.3 Å². The van der Waals surface area contributed by atoms with E-state index in [1.165, 1.54) is 11.3 Å². The van der Waals surface area contributed by atoms with Crippen LogP contribution in [0.2, 0.25) is 10.0 Å². The Hall–Kier alpha value is -1.89. The number of hydrogen-bond donors (Lipinski definition) is 2. The lowest BCUT2D eigenvalue weighted by atomic mass is 9.82. The van der Waals surface area contributed by atoms with E-state index >= 15 is 0 Å². The standard InChI is InChI=1S/C18H14Cl2N2O3S/c19-10-3-4-11(12(20)6-10)13-7-26-18(21-13)22-16(23)14-8-1-2-9(5-8)15(14)17(24)25/h1-4,6-9,14-15H,5H2,(H,24,25)(H,21,22,23)/t8-,9+,14-,15+/m1/s1. The Labute approximate surface area is 163 Å². The number of nitrogens with zero attached hydrogens (tertiary/aromatic N) is 1. The third-order valence-electron chi connectivity index (χ3n) is 4.99. The monoisotopic (exact) mass is 408 g/mol. The second kappa shape index (κ2) is 6.68. The normalized spacial score (nSPS) is 26.2. The minimum Gasteiger partial charge on any atom is -0.481 e. The van der Waals surface area contributed by atoms with E-state index < -0.39 is 17.8 Å². The quantitative estimate of drug-likeness (QED) is 0.725. The van der Waals surface area contributed by atoms with E-state index in [-0.39, 0.29) is 17.7 Å². The van der Waals surface area contributed by atoms with Crippen molar-refractivity contribution in [1.82, 2.24) is 4.98 Å². The summed E-state index contributed by atoms with van der Waals surface area (Å²) >= 11 is 13.4. The van der Waals surface area contributed by atoms with E-state index in [1.807, 2.05) is 12.2 Å². The zero-order chi connectivity index (χ0) is 18.4. The molecule has 0 saturated heterocycles. The van der Waals surface area contributed by atoms with Crippen LogP contribution in [0, 0.1) is 23.7 Å². The van der Waals surface area contributed by atoms with Gasteiger partial charge in [-0.2, -0.15) is 0 Å². The van der Waals surface area contributed by atoms with Crippen molar-refractivity contribution < 1.29 is 14.7 Å². The first-order valence-electron chi connectivity index (χ1n) is 8.07. The number of carbonyl (C=O) groups is 2. The highest BCUT2D eigenvalue weighted by Crippen LogP contribution is 2.48. The van der Waals surface area contributed by atoms with Gasteiger partial charge in [0.05, 0.1) is 22.6 Å². The van der Waals surface area contributed by atoms with E-state index in [9.17, 15) is 14.7 Å². The molecule has 0 spiro atoms. The zero-order valence-electron chi connectivity index (χ0n) is 13.4. The number of anilines is 1. The van der Waals surface area contributed by atoms with Crippen molar-refractivity contribution in [2.45, 2.75) is 6.42 Å². The summed E-state index contributed by atoms with van der Waals surface area (Å²) in [7, 11) is 0. The minimum atomic E-state index is -0.922. The topological polar surface area (TPSA) is 79.3 Å². The van der Waals surface area contributed by atoms with Crippen molar-refractivity contribution >= 4 is 51.5 Å². The predicted octanol–water partition coefficient (Wildman–Crippen LogP) is 4.58. The van der Waals surface area contributed by atoms with Crippen LogP contribution in [0.4, 0.5) is 5.13 Å². The largest absolute Gasteiger partial charge is 0.481 e. The maximum Gasteiger partial charge on any atom is 0.307 e. The number of allylic oxidation sites excluding steroid dienone is 2. The Morgan fingerprint density at radius 3 is 2.62 bits per heavy atom. The summed E-state index contributed by atoms with van der Waals surface area (Å²) in [6, 6.07) is 5.13. The van der Waals surface area contributed by atoms with E-state index in [4.69, 9.17) is 23.2 Å². The zero-order valence-corrected chi connectivity index (χ0v) is 15.7. The maximum atomic E-state index is 12.7. The van der Waals surface area contributed by atoms with Crippen LogP contribution in [-0.2, 0) is 9.59 Å². The molecule has 2 N–H and O–H groups in total. The summed E-state index contributed by atoms with van der Waals surface area (Å²) in [5, 5.41) is 15.5. The van der Waals surface area contributed by atoms with Crippen molar-refractivity contribution in [3.8, 4) is 11.3 Å². The van der Waals surface area contributed by atoms with Crippen LogP contribution in [0.15, 0.2) is 35.7 Å². The first-order chi connectivity index (χ1) is 12.4. The van der Waals surface area contributed by atoms with Gasteiger partial charge in [0.15, 0.2) is 5.13 Å². The molecule has 1 aromatic heterocycles. The van der Waals surface area contributed by atoms with E-state index in [0.717, 1.165) is 12.0 Å². The number of aromatic nitrogens is 1. The van der Waals surface area contributed by atoms with Crippen LogP contribution in [0.1, 0.15) is 6.42 Å². The number of rotatable bonds is 4. The summed E-state index contributed by atoms with van der Waals surface area (Å²) in [4.78, 5) is 28.7. The van der Waals surface area contributed by atoms with E-state index in [1.54, 1.807) is 23.6 Å². The lowest BCUT2D eigenvalue weighted by molar-refractivity contribution is -0.146. The average molecular weight is 409 g/mol. The number of halogens is 2. The second-order valence-corrected chi connectivity index (χ2v) is 8.19. The SMILES string of the molecule is O=C(O)[C@@H]1[C@H](C(=O)Nc2nc(-c3ccc(Cl)cc3Cl)cs2)[C@@H]2C=C[C@H]1C2. The van der Waals surface area contributed by atoms with Gasteiger partial charge in [-0.1, -0.05) is 35.4 Å². The third-order valence-corrected chi connectivity index (χ3v) is 6.29. The molecule has 0 unspecified atom stereocenters. The number of benzene rings is 1. The molecular weight excluding hydrogens is 395 g/mol. The van der Waals surface area contributed by atoms with Gasteiger partial charge in [0.2, 0.25) is 5.91 Å². The van der Waals surface area contributed by atoms with Gasteiger partial charge in [-0.25, -0.2) is 4.98 Å².